The molecule has 0 radical (unpaired) electrons. The number of ether oxygens (including phenoxy) is 2. The van der Waals surface area contributed by atoms with Crippen LogP contribution in [0, 0.1) is 6.92 Å². The van der Waals surface area contributed by atoms with Gasteiger partial charge >= 0.3 is 0 Å². The molecule has 6 nitrogen and oxygen atoms in total. The monoisotopic (exact) mass is 380 g/mol. The van der Waals surface area contributed by atoms with Crippen LogP contribution in [-0.4, -0.2) is 25.1 Å². The van der Waals surface area contributed by atoms with Crippen LogP contribution < -0.4 is 20.3 Å². The molecule has 146 valence electrons. The first-order valence-corrected chi connectivity index (χ1v) is 9.13. The fourth-order valence-electron chi connectivity index (χ4n) is 3.39. The molecular formula is C22H24N2O4. The molecule has 0 bridgehead atoms. The third kappa shape index (κ3) is 3.86. The van der Waals surface area contributed by atoms with Crippen LogP contribution in [0.4, 0.5) is 5.69 Å². The van der Waals surface area contributed by atoms with Crippen LogP contribution in [0.15, 0.2) is 41.2 Å². The molecule has 3 rings (SSSR count). The molecule has 2 N–H and O–H groups in total. The molecule has 0 aliphatic heterocycles. The summed E-state index contributed by atoms with van der Waals surface area (Å²) < 4.78 is 10.5. The molecule has 6 heteroatoms. The molecule has 0 spiro atoms. The number of carbonyl (C=O) groups is 1. The molecule has 0 atom stereocenters. The van der Waals surface area contributed by atoms with E-state index in [-0.39, 0.29) is 17.9 Å². The predicted octanol–water partition coefficient (Wildman–Crippen LogP) is 3.60. The van der Waals surface area contributed by atoms with E-state index in [9.17, 15) is 9.59 Å². The smallest absolute Gasteiger partial charge is 0.251 e. The normalized spacial score (nSPS) is 10.7. The summed E-state index contributed by atoms with van der Waals surface area (Å²) in [6, 6.07) is 10.9. The third-order valence-corrected chi connectivity index (χ3v) is 4.85. The molecule has 1 amide bonds. The molecule has 0 aliphatic carbocycles. The van der Waals surface area contributed by atoms with Crippen LogP contribution in [0.25, 0.3) is 10.9 Å². The highest BCUT2D eigenvalue weighted by Gasteiger charge is 2.11. The largest absolute Gasteiger partial charge is 0.493 e. The van der Waals surface area contributed by atoms with Crippen LogP contribution in [0.5, 0.6) is 11.5 Å². The quantitative estimate of drug-likeness (QED) is 0.685. The zero-order valence-electron chi connectivity index (χ0n) is 16.5. The van der Waals surface area contributed by atoms with Gasteiger partial charge in [-0.1, -0.05) is 19.1 Å². The van der Waals surface area contributed by atoms with Crippen molar-refractivity contribution in [3.63, 3.8) is 0 Å². The number of pyridine rings is 1. The molecule has 0 saturated heterocycles. The first kappa shape index (κ1) is 19.5. The van der Waals surface area contributed by atoms with E-state index in [1.807, 2.05) is 32.0 Å². The van der Waals surface area contributed by atoms with Crippen molar-refractivity contribution in [3.8, 4) is 11.5 Å². The Hall–Kier alpha value is -3.28. The summed E-state index contributed by atoms with van der Waals surface area (Å²) in [6.45, 7) is 3.91. The minimum Gasteiger partial charge on any atom is -0.493 e. The maximum Gasteiger partial charge on any atom is 0.251 e. The second-order valence-electron chi connectivity index (χ2n) is 6.59. The summed E-state index contributed by atoms with van der Waals surface area (Å²) >= 11 is 0. The number of carbonyl (C=O) groups excluding carboxylic acids is 1. The van der Waals surface area contributed by atoms with E-state index in [2.05, 4.69) is 10.3 Å². The standard InChI is InChI=1S/C22H24N2O4/c1-5-16-13(2)17-8-7-15(12-18(17)24-22(16)26)23-21(25)11-14-6-9-19(27-3)20(10-14)28-4/h6-10,12H,5,11H2,1-4H3,(H,23,25)(H,24,26). The lowest BCUT2D eigenvalue weighted by atomic mass is 10.0. The number of aryl methyl sites for hydroxylation is 1. The molecular weight excluding hydrogens is 356 g/mol. The van der Waals surface area contributed by atoms with Gasteiger partial charge in [0.2, 0.25) is 5.91 Å². The topological polar surface area (TPSA) is 80.4 Å². The van der Waals surface area contributed by atoms with Gasteiger partial charge in [0.05, 0.1) is 26.2 Å². The highest BCUT2D eigenvalue weighted by molar-refractivity contribution is 5.95. The lowest BCUT2D eigenvalue weighted by Gasteiger charge is -2.11. The predicted molar refractivity (Wildman–Crippen MR) is 111 cm³/mol. The fraction of sp³-hybridized carbons (Fsp3) is 0.273. The third-order valence-electron chi connectivity index (χ3n) is 4.85. The van der Waals surface area contributed by atoms with Crippen molar-refractivity contribution in [2.45, 2.75) is 26.7 Å². The van der Waals surface area contributed by atoms with E-state index in [0.29, 0.717) is 29.1 Å². The lowest BCUT2D eigenvalue weighted by molar-refractivity contribution is -0.115. The number of methoxy groups -OCH3 is 2. The molecule has 0 saturated carbocycles. The van der Waals surface area contributed by atoms with Gasteiger partial charge in [-0.3, -0.25) is 9.59 Å². The van der Waals surface area contributed by atoms with Gasteiger partial charge in [-0.25, -0.2) is 0 Å². The summed E-state index contributed by atoms with van der Waals surface area (Å²) in [5.41, 5.74) is 3.84. The number of amides is 1. The first-order valence-electron chi connectivity index (χ1n) is 9.13. The van der Waals surface area contributed by atoms with E-state index in [4.69, 9.17) is 9.47 Å². The molecule has 1 aromatic heterocycles. The number of benzene rings is 2. The van der Waals surface area contributed by atoms with Gasteiger partial charge in [-0.2, -0.15) is 0 Å². The maximum atomic E-state index is 12.5. The van der Waals surface area contributed by atoms with Crippen LogP contribution in [-0.2, 0) is 17.6 Å². The fourth-order valence-corrected chi connectivity index (χ4v) is 3.39. The molecule has 1 heterocycles. The zero-order valence-corrected chi connectivity index (χ0v) is 16.5. The minimum atomic E-state index is -0.157. The lowest BCUT2D eigenvalue weighted by Crippen LogP contribution is -2.16. The average Bonchev–Trinajstić information content (AvgIpc) is 2.67. The van der Waals surface area contributed by atoms with E-state index < -0.39 is 0 Å². The Morgan fingerprint density at radius 3 is 2.50 bits per heavy atom. The highest BCUT2D eigenvalue weighted by atomic mass is 16.5. The van der Waals surface area contributed by atoms with Crippen molar-refractivity contribution in [2.24, 2.45) is 0 Å². The van der Waals surface area contributed by atoms with Crippen LogP contribution >= 0.6 is 0 Å². The molecule has 0 aliphatic rings. The van der Waals surface area contributed by atoms with Crippen LogP contribution in [0.1, 0.15) is 23.6 Å². The van der Waals surface area contributed by atoms with E-state index in [1.54, 1.807) is 32.4 Å². The molecule has 3 aromatic rings. The van der Waals surface area contributed by atoms with Crippen molar-refractivity contribution in [1.29, 1.82) is 0 Å². The number of hydrogen-bond acceptors (Lipinski definition) is 4. The highest BCUT2D eigenvalue weighted by Crippen LogP contribution is 2.28. The summed E-state index contributed by atoms with van der Waals surface area (Å²) in [5, 5.41) is 3.86. The average molecular weight is 380 g/mol. The minimum absolute atomic E-state index is 0.0821. The number of nitrogens with one attached hydrogen (secondary N) is 2. The van der Waals surface area contributed by atoms with Gasteiger partial charge in [0.25, 0.3) is 5.56 Å². The van der Waals surface area contributed by atoms with Crippen molar-refractivity contribution in [2.75, 3.05) is 19.5 Å². The van der Waals surface area contributed by atoms with E-state index in [0.717, 1.165) is 22.1 Å². The number of aromatic amines is 1. The van der Waals surface area contributed by atoms with Gasteiger partial charge in [0.1, 0.15) is 0 Å². The summed E-state index contributed by atoms with van der Waals surface area (Å²) in [6.07, 6.45) is 0.879. The van der Waals surface area contributed by atoms with Crippen molar-refractivity contribution in [1.82, 2.24) is 4.98 Å². The number of H-pyrrole nitrogens is 1. The van der Waals surface area contributed by atoms with Gasteiger partial charge in [-0.05, 0) is 48.7 Å². The van der Waals surface area contributed by atoms with Crippen molar-refractivity contribution in [3.05, 3.63) is 63.4 Å². The Bertz CT molecular complexity index is 1090. The van der Waals surface area contributed by atoms with E-state index in [1.165, 1.54) is 0 Å². The molecule has 2 aromatic carbocycles. The Balaban J connectivity index is 1.81. The summed E-state index contributed by atoms with van der Waals surface area (Å²) in [5.74, 6) is 1.04. The number of fused-ring (bicyclic) bond motifs is 1. The SMILES string of the molecule is CCc1c(C)c2ccc(NC(=O)Cc3ccc(OC)c(OC)c3)cc2[nH]c1=O. The summed E-state index contributed by atoms with van der Waals surface area (Å²) in [4.78, 5) is 27.6. The summed E-state index contributed by atoms with van der Waals surface area (Å²) in [7, 11) is 3.13. The van der Waals surface area contributed by atoms with Gasteiger partial charge in [0.15, 0.2) is 11.5 Å². The van der Waals surface area contributed by atoms with Gasteiger partial charge < -0.3 is 19.8 Å². The Kier molecular flexibility index (Phi) is 5.68. The van der Waals surface area contributed by atoms with E-state index >= 15 is 0 Å². The van der Waals surface area contributed by atoms with Gasteiger partial charge in [0, 0.05) is 16.6 Å². The van der Waals surface area contributed by atoms with Crippen molar-refractivity contribution >= 4 is 22.5 Å². The first-order chi connectivity index (χ1) is 13.5. The number of aromatic nitrogens is 1. The van der Waals surface area contributed by atoms with Crippen LogP contribution in [0.3, 0.4) is 0 Å². The zero-order chi connectivity index (χ0) is 20.3. The molecule has 0 fully saturated rings. The number of rotatable bonds is 6. The Morgan fingerprint density at radius 2 is 1.82 bits per heavy atom. The second kappa shape index (κ2) is 8.17. The number of anilines is 1. The number of hydrogen-bond donors (Lipinski definition) is 2. The molecule has 0 unspecified atom stereocenters. The maximum absolute atomic E-state index is 12.5. The Labute approximate surface area is 163 Å². The molecule has 28 heavy (non-hydrogen) atoms. The van der Waals surface area contributed by atoms with Gasteiger partial charge in [-0.15, -0.1) is 0 Å². The Morgan fingerprint density at radius 1 is 1.07 bits per heavy atom. The van der Waals surface area contributed by atoms with Crippen LogP contribution in [0.2, 0.25) is 0 Å². The second-order valence-corrected chi connectivity index (χ2v) is 6.59. The van der Waals surface area contributed by atoms with Crippen molar-refractivity contribution < 1.29 is 14.3 Å².